The average Bonchev–Trinajstić information content (AvgIpc) is 2.98. The molecule has 2 aromatic carbocycles. The maximum absolute atomic E-state index is 6.14. The molecular weight excluding hydrogens is 250 g/mol. The van der Waals surface area contributed by atoms with E-state index in [1.54, 1.807) is 0 Å². The van der Waals surface area contributed by atoms with E-state index in [1.165, 1.54) is 5.56 Å². The van der Waals surface area contributed by atoms with Crippen molar-refractivity contribution in [2.24, 2.45) is 5.73 Å². The lowest BCUT2D eigenvalue weighted by Crippen LogP contribution is -2.11. The van der Waals surface area contributed by atoms with Crippen LogP contribution in [0.2, 0.25) is 0 Å². The Morgan fingerprint density at radius 3 is 2.40 bits per heavy atom. The van der Waals surface area contributed by atoms with E-state index in [-0.39, 0.29) is 0 Å². The molecule has 0 aliphatic heterocycles. The second-order valence-electron chi connectivity index (χ2n) is 4.71. The minimum atomic E-state index is -0.400. The molecule has 1 aromatic heterocycles. The zero-order chi connectivity index (χ0) is 13.9. The molecule has 100 valence electrons. The highest BCUT2D eigenvalue weighted by Gasteiger charge is 2.17. The molecule has 0 spiro atoms. The molecule has 4 nitrogen and oxygen atoms in total. The molecule has 1 heterocycles. The van der Waals surface area contributed by atoms with Gasteiger partial charge >= 0.3 is 0 Å². The van der Waals surface area contributed by atoms with Crippen molar-refractivity contribution in [2.75, 3.05) is 0 Å². The van der Waals surface area contributed by atoms with Gasteiger partial charge in [-0.25, -0.2) is 0 Å². The first-order chi connectivity index (χ1) is 9.74. The van der Waals surface area contributed by atoms with Crippen molar-refractivity contribution >= 4 is 0 Å². The van der Waals surface area contributed by atoms with Gasteiger partial charge in [-0.1, -0.05) is 65.3 Å². The van der Waals surface area contributed by atoms with E-state index >= 15 is 0 Å². The summed E-state index contributed by atoms with van der Waals surface area (Å²) in [6.07, 6.45) is 0. The zero-order valence-corrected chi connectivity index (χ0v) is 11.2. The predicted molar refractivity (Wildman–Crippen MR) is 76.9 cm³/mol. The van der Waals surface area contributed by atoms with E-state index in [1.807, 2.05) is 61.5 Å². The van der Waals surface area contributed by atoms with Gasteiger partial charge in [0.05, 0.1) is 0 Å². The van der Waals surface area contributed by atoms with Crippen LogP contribution in [0.3, 0.4) is 0 Å². The Bertz CT molecular complexity index is 689. The molecule has 0 amide bonds. The lowest BCUT2D eigenvalue weighted by atomic mass is 10.1. The van der Waals surface area contributed by atoms with E-state index in [2.05, 4.69) is 10.1 Å². The Morgan fingerprint density at radius 2 is 1.70 bits per heavy atom. The van der Waals surface area contributed by atoms with Crippen molar-refractivity contribution in [3.8, 4) is 11.4 Å². The number of hydrogen-bond acceptors (Lipinski definition) is 4. The maximum atomic E-state index is 6.14. The van der Waals surface area contributed by atoms with Gasteiger partial charge in [0, 0.05) is 5.56 Å². The number of aromatic nitrogens is 2. The molecule has 3 rings (SSSR count). The SMILES string of the molecule is Cc1ccc(-c2noc([C@@H](N)c3ccccc3)n2)cc1. The monoisotopic (exact) mass is 265 g/mol. The number of benzene rings is 2. The Labute approximate surface area is 117 Å². The normalized spacial score (nSPS) is 12.3. The Hall–Kier alpha value is -2.46. The van der Waals surface area contributed by atoms with Crippen molar-refractivity contribution in [2.45, 2.75) is 13.0 Å². The van der Waals surface area contributed by atoms with Crippen LogP contribution in [-0.4, -0.2) is 10.1 Å². The van der Waals surface area contributed by atoms with Crippen molar-refractivity contribution in [1.29, 1.82) is 0 Å². The van der Waals surface area contributed by atoms with Crippen LogP contribution in [0.4, 0.5) is 0 Å². The molecule has 4 heteroatoms. The lowest BCUT2D eigenvalue weighted by Gasteiger charge is -2.05. The fourth-order valence-electron chi connectivity index (χ4n) is 1.98. The van der Waals surface area contributed by atoms with Gasteiger partial charge in [0.15, 0.2) is 0 Å². The molecule has 20 heavy (non-hydrogen) atoms. The van der Waals surface area contributed by atoms with E-state index in [4.69, 9.17) is 10.3 Å². The van der Waals surface area contributed by atoms with Crippen molar-refractivity contribution in [1.82, 2.24) is 10.1 Å². The molecule has 0 aliphatic rings. The summed E-state index contributed by atoms with van der Waals surface area (Å²) in [7, 11) is 0. The lowest BCUT2D eigenvalue weighted by molar-refractivity contribution is 0.367. The van der Waals surface area contributed by atoms with E-state index in [0.717, 1.165) is 11.1 Å². The Morgan fingerprint density at radius 1 is 1.00 bits per heavy atom. The topological polar surface area (TPSA) is 64.9 Å². The van der Waals surface area contributed by atoms with Gasteiger partial charge in [0.1, 0.15) is 6.04 Å². The minimum Gasteiger partial charge on any atom is -0.337 e. The highest BCUT2D eigenvalue weighted by Crippen LogP contribution is 2.21. The summed E-state index contributed by atoms with van der Waals surface area (Å²) in [6, 6.07) is 17.3. The van der Waals surface area contributed by atoms with Crippen molar-refractivity contribution < 1.29 is 4.52 Å². The van der Waals surface area contributed by atoms with Crippen LogP contribution in [0.25, 0.3) is 11.4 Å². The molecule has 0 saturated carbocycles. The first-order valence-corrected chi connectivity index (χ1v) is 6.45. The second kappa shape index (κ2) is 5.27. The molecule has 0 radical (unpaired) electrons. The van der Waals surface area contributed by atoms with Crippen molar-refractivity contribution in [3.05, 3.63) is 71.6 Å². The number of nitrogens with zero attached hydrogens (tertiary/aromatic N) is 2. The van der Waals surface area contributed by atoms with Gasteiger partial charge < -0.3 is 10.3 Å². The molecule has 3 aromatic rings. The third-order valence-electron chi connectivity index (χ3n) is 3.18. The molecule has 0 aliphatic carbocycles. The van der Waals surface area contributed by atoms with Gasteiger partial charge in [-0.05, 0) is 12.5 Å². The smallest absolute Gasteiger partial charge is 0.248 e. The number of rotatable bonds is 3. The molecule has 0 bridgehead atoms. The molecule has 0 saturated heterocycles. The molecular formula is C16H15N3O. The molecule has 1 atom stereocenters. The summed E-state index contributed by atoms with van der Waals surface area (Å²) in [6.45, 7) is 2.04. The summed E-state index contributed by atoms with van der Waals surface area (Å²) in [5.74, 6) is 0.984. The third-order valence-corrected chi connectivity index (χ3v) is 3.18. The summed E-state index contributed by atoms with van der Waals surface area (Å²) in [5.41, 5.74) is 9.20. The van der Waals surface area contributed by atoms with E-state index < -0.39 is 6.04 Å². The van der Waals surface area contributed by atoms with Crippen LogP contribution >= 0.6 is 0 Å². The zero-order valence-electron chi connectivity index (χ0n) is 11.2. The van der Waals surface area contributed by atoms with Gasteiger partial charge in [0.2, 0.25) is 11.7 Å². The largest absolute Gasteiger partial charge is 0.337 e. The van der Waals surface area contributed by atoms with Crippen LogP contribution in [-0.2, 0) is 0 Å². The van der Waals surface area contributed by atoms with Gasteiger partial charge in [0.25, 0.3) is 0 Å². The first kappa shape index (κ1) is 12.6. The average molecular weight is 265 g/mol. The first-order valence-electron chi connectivity index (χ1n) is 6.45. The summed E-state index contributed by atoms with van der Waals surface area (Å²) < 4.78 is 5.28. The van der Waals surface area contributed by atoms with Crippen LogP contribution < -0.4 is 5.73 Å². The minimum absolute atomic E-state index is 0.400. The van der Waals surface area contributed by atoms with Crippen molar-refractivity contribution in [3.63, 3.8) is 0 Å². The fourth-order valence-corrected chi connectivity index (χ4v) is 1.98. The fraction of sp³-hybridized carbons (Fsp3) is 0.125. The quantitative estimate of drug-likeness (QED) is 0.790. The van der Waals surface area contributed by atoms with Crippen LogP contribution in [0.15, 0.2) is 59.1 Å². The summed E-state index contributed by atoms with van der Waals surface area (Å²) in [4.78, 5) is 4.38. The number of aryl methyl sites for hydroxylation is 1. The molecule has 0 fully saturated rings. The standard InChI is InChI=1S/C16H15N3O/c1-11-7-9-13(10-8-11)15-18-16(20-19-15)14(17)12-5-3-2-4-6-12/h2-10,14H,17H2,1H3/t14-/m0/s1. The van der Waals surface area contributed by atoms with E-state index in [9.17, 15) is 0 Å². The highest BCUT2D eigenvalue weighted by atomic mass is 16.5. The molecule has 0 unspecified atom stereocenters. The summed E-state index contributed by atoms with van der Waals surface area (Å²) >= 11 is 0. The number of nitrogens with two attached hydrogens (primary N) is 1. The van der Waals surface area contributed by atoms with E-state index in [0.29, 0.717) is 11.7 Å². The summed E-state index contributed by atoms with van der Waals surface area (Å²) in [5, 5.41) is 4.00. The predicted octanol–water partition coefficient (Wildman–Crippen LogP) is 3.09. The van der Waals surface area contributed by atoms with Crippen LogP contribution in [0, 0.1) is 6.92 Å². The maximum Gasteiger partial charge on any atom is 0.248 e. The molecule has 2 N–H and O–H groups in total. The van der Waals surface area contributed by atoms with Gasteiger partial charge in [-0.15, -0.1) is 0 Å². The third kappa shape index (κ3) is 2.46. The highest BCUT2D eigenvalue weighted by molar-refractivity contribution is 5.54. The van der Waals surface area contributed by atoms with Crippen LogP contribution in [0.1, 0.15) is 23.1 Å². The van der Waals surface area contributed by atoms with Gasteiger partial charge in [-0.3, -0.25) is 0 Å². The Kier molecular flexibility index (Phi) is 3.31. The number of hydrogen-bond donors (Lipinski definition) is 1. The van der Waals surface area contributed by atoms with Crippen LogP contribution in [0.5, 0.6) is 0 Å². The van der Waals surface area contributed by atoms with Gasteiger partial charge in [-0.2, -0.15) is 4.98 Å². The Balaban J connectivity index is 1.89. The second-order valence-corrected chi connectivity index (χ2v) is 4.71.